The van der Waals surface area contributed by atoms with Crippen LogP contribution in [0.5, 0.6) is 5.75 Å². The molecule has 33 heavy (non-hydrogen) atoms. The second kappa shape index (κ2) is 10.4. The van der Waals surface area contributed by atoms with E-state index < -0.39 is 11.7 Å². The van der Waals surface area contributed by atoms with Crippen molar-refractivity contribution < 1.29 is 23.8 Å². The van der Waals surface area contributed by atoms with Crippen molar-refractivity contribution in [1.29, 1.82) is 5.26 Å². The van der Waals surface area contributed by atoms with Gasteiger partial charge in [0.05, 0.1) is 30.0 Å². The van der Waals surface area contributed by atoms with Crippen LogP contribution in [0.1, 0.15) is 32.8 Å². The fourth-order valence-electron chi connectivity index (χ4n) is 3.37. The first-order chi connectivity index (χ1) is 15.7. The van der Waals surface area contributed by atoms with Crippen molar-refractivity contribution in [2.24, 2.45) is 5.92 Å². The molecule has 0 bridgehead atoms. The van der Waals surface area contributed by atoms with Gasteiger partial charge in [-0.15, -0.1) is 0 Å². The Kier molecular flexibility index (Phi) is 7.55. The highest BCUT2D eigenvalue weighted by Gasteiger charge is 2.33. The monoisotopic (exact) mass is 455 g/mol. The Morgan fingerprint density at radius 1 is 1.30 bits per heavy atom. The molecule has 0 spiro atoms. The summed E-state index contributed by atoms with van der Waals surface area (Å²) in [6.45, 7) is 7.00. The minimum atomic E-state index is -0.585. The molecule has 10 heteroatoms. The number of carbonyl (C=O) groups excluding carboxylic acids is 2. The number of aromatic nitrogens is 2. The lowest BCUT2D eigenvalue weighted by molar-refractivity contribution is -0.119. The number of anilines is 1. The van der Waals surface area contributed by atoms with E-state index in [0.717, 1.165) is 0 Å². The highest BCUT2D eigenvalue weighted by molar-refractivity contribution is 5.92. The number of benzene rings is 1. The quantitative estimate of drug-likeness (QED) is 0.638. The van der Waals surface area contributed by atoms with Crippen LogP contribution in [0.3, 0.4) is 0 Å². The second-order valence-electron chi connectivity index (χ2n) is 8.70. The van der Waals surface area contributed by atoms with E-state index in [2.05, 4.69) is 16.4 Å². The number of methoxy groups -OCH3 is 1. The number of nitrogens with zero attached hydrogens (tertiary/aromatic N) is 4. The van der Waals surface area contributed by atoms with Crippen molar-refractivity contribution >= 4 is 17.8 Å². The lowest BCUT2D eigenvalue weighted by Gasteiger charge is -2.24. The van der Waals surface area contributed by atoms with Crippen LogP contribution >= 0.6 is 0 Å². The molecule has 0 radical (unpaired) electrons. The molecule has 1 saturated heterocycles. The van der Waals surface area contributed by atoms with Gasteiger partial charge >= 0.3 is 6.09 Å². The van der Waals surface area contributed by atoms with Crippen molar-refractivity contribution in [3.8, 4) is 17.5 Å². The molecule has 0 aliphatic carbocycles. The molecule has 1 fully saturated rings. The number of hydrogen-bond acceptors (Lipinski definition) is 7. The van der Waals surface area contributed by atoms with Gasteiger partial charge in [-0.25, -0.2) is 9.78 Å². The highest BCUT2D eigenvalue weighted by Crippen LogP contribution is 2.24. The first-order valence-corrected chi connectivity index (χ1v) is 10.7. The molecule has 0 unspecified atom stereocenters. The summed E-state index contributed by atoms with van der Waals surface area (Å²) < 4.78 is 17.6. The van der Waals surface area contributed by atoms with Crippen molar-refractivity contribution in [2.45, 2.75) is 32.8 Å². The summed E-state index contributed by atoms with van der Waals surface area (Å²) in [5, 5.41) is 12.3. The molecule has 1 N–H and O–H groups in total. The minimum Gasteiger partial charge on any atom is -0.491 e. The number of likely N-dealkylation sites (tertiary alicyclic amines) is 1. The molecule has 1 aliphatic rings. The van der Waals surface area contributed by atoms with Crippen molar-refractivity contribution in [2.75, 3.05) is 38.7 Å². The van der Waals surface area contributed by atoms with Gasteiger partial charge < -0.3 is 29.0 Å². The molecule has 2 heterocycles. The van der Waals surface area contributed by atoms with Gasteiger partial charge in [-0.1, -0.05) is 0 Å². The third kappa shape index (κ3) is 6.46. The van der Waals surface area contributed by atoms with Crippen LogP contribution in [-0.4, -0.2) is 65.5 Å². The van der Waals surface area contributed by atoms with Gasteiger partial charge in [0, 0.05) is 26.3 Å². The standard InChI is InChI=1S/C23H29N5O5/c1-23(2,3)33-22(30)27-8-7-17(13-27)21(29)26-20-14-28(15-25-20)19-11-18(32-10-9-31-4)6-5-16(19)12-24/h5-6,11,14-15,17H,7-10,13H2,1-4H3,(H,26,29)/t17-/m0/s1. The largest absolute Gasteiger partial charge is 0.491 e. The second-order valence-corrected chi connectivity index (χ2v) is 8.70. The number of ether oxygens (including phenoxy) is 3. The van der Waals surface area contributed by atoms with Gasteiger partial charge in [0.15, 0.2) is 5.82 Å². The molecule has 176 valence electrons. The normalized spacial score (nSPS) is 15.7. The molecule has 2 amide bonds. The number of amides is 2. The van der Waals surface area contributed by atoms with Crippen LogP contribution in [0.15, 0.2) is 30.7 Å². The third-order valence-corrected chi connectivity index (χ3v) is 4.97. The van der Waals surface area contributed by atoms with E-state index in [1.54, 1.807) is 61.7 Å². The molecular formula is C23H29N5O5. The van der Waals surface area contributed by atoms with Gasteiger partial charge in [-0.2, -0.15) is 5.26 Å². The lowest BCUT2D eigenvalue weighted by Crippen LogP contribution is -2.36. The average Bonchev–Trinajstić information content (AvgIpc) is 3.43. The first-order valence-electron chi connectivity index (χ1n) is 10.7. The SMILES string of the molecule is COCCOc1ccc(C#N)c(-n2cnc(NC(=O)[C@H]3CCN(C(=O)OC(C)(C)C)C3)c2)c1. The molecule has 0 saturated carbocycles. The predicted molar refractivity (Wildman–Crippen MR) is 120 cm³/mol. The Morgan fingerprint density at radius 2 is 2.09 bits per heavy atom. The Bertz CT molecular complexity index is 1040. The van der Waals surface area contributed by atoms with Crippen molar-refractivity contribution in [3.05, 3.63) is 36.3 Å². The minimum absolute atomic E-state index is 0.219. The Hall–Kier alpha value is -3.58. The number of nitriles is 1. The average molecular weight is 456 g/mol. The van der Waals surface area contributed by atoms with Gasteiger partial charge in [0.1, 0.15) is 30.4 Å². The fourth-order valence-corrected chi connectivity index (χ4v) is 3.37. The molecule has 2 aromatic rings. The van der Waals surface area contributed by atoms with Crippen LogP contribution in [-0.2, 0) is 14.3 Å². The topological polar surface area (TPSA) is 119 Å². The Labute approximate surface area is 193 Å². The zero-order valence-electron chi connectivity index (χ0n) is 19.3. The van der Waals surface area contributed by atoms with Crippen LogP contribution in [0.25, 0.3) is 5.69 Å². The number of carbonyl (C=O) groups is 2. The Morgan fingerprint density at radius 3 is 2.79 bits per heavy atom. The molecule has 1 aliphatic heterocycles. The van der Waals surface area contributed by atoms with E-state index in [0.29, 0.717) is 55.5 Å². The van der Waals surface area contributed by atoms with Gasteiger partial charge in [0.25, 0.3) is 0 Å². The molecule has 1 atom stereocenters. The summed E-state index contributed by atoms with van der Waals surface area (Å²) in [5.41, 5.74) is 0.434. The molecule has 10 nitrogen and oxygen atoms in total. The lowest BCUT2D eigenvalue weighted by atomic mass is 10.1. The van der Waals surface area contributed by atoms with E-state index in [-0.39, 0.29) is 11.8 Å². The summed E-state index contributed by atoms with van der Waals surface area (Å²) in [7, 11) is 1.59. The van der Waals surface area contributed by atoms with Crippen LogP contribution in [0.2, 0.25) is 0 Å². The van der Waals surface area contributed by atoms with E-state index in [4.69, 9.17) is 14.2 Å². The van der Waals surface area contributed by atoms with E-state index in [1.807, 2.05) is 0 Å². The van der Waals surface area contributed by atoms with E-state index >= 15 is 0 Å². The number of nitrogens with one attached hydrogen (secondary N) is 1. The number of imidazole rings is 1. The molecule has 3 rings (SSSR count). The van der Waals surface area contributed by atoms with Gasteiger partial charge in [-0.3, -0.25) is 4.79 Å². The van der Waals surface area contributed by atoms with E-state index in [9.17, 15) is 14.9 Å². The maximum Gasteiger partial charge on any atom is 0.410 e. The first kappa shape index (κ1) is 24.1. The van der Waals surface area contributed by atoms with Gasteiger partial charge in [-0.05, 0) is 39.3 Å². The molecular weight excluding hydrogens is 426 g/mol. The maximum absolute atomic E-state index is 12.7. The highest BCUT2D eigenvalue weighted by atomic mass is 16.6. The van der Waals surface area contributed by atoms with Gasteiger partial charge in [0.2, 0.25) is 5.91 Å². The van der Waals surface area contributed by atoms with Crippen molar-refractivity contribution in [3.63, 3.8) is 0 Å². The third-order valence-electron chi connectivity index (χ3n) is 4.97. The zero-order valence-corrected chi connectivity index (χ0v) is 19.3. The maximum atomic E-state index is 12.7. The van der Waals surface area contributed by atoms with E-state index in [1.165, 1.54) is 6.33 Å². The summed E-state index contributed by atoms with van der Waals surface area (Å²) in [5.74, 6) is 0.372. The van der Waals surface area contributed by atoms with Crippen LogP contribution < -0.4 is 10.1 Å². The summed E-state index contributed by atoms with van der Waals surface area (Å²) >= 11 is 0. The molecule has 1 aromatic carbocycles. The summed E-state index contributed by atoms with van der Waals surface area (Å²) in [6.07, 6.45) is 3.28. The molecule has 1 aromatic heterocycles. The predicted octanol–water partition coefficient (Wildman–Crippen LogP) is 2.96. The van der Waals surface area contributed by atoms with Crippen LogP contribution in [0, 0.1) is 17.2 Å². The zero-order chi connectivity index (χ0) is 24.0. The summed E-state index contributed by atoms with van der Waals surface area (Å²) in [4.78, 5) is 30.7. The smallest absolute Gasteiger partial charge is 0.410 e. The number of hydrogen-bond donors (Lipinski definition) is 1. The number of rotatable bonds is 7. The summed E-state index contributed by atoms with van der Waals surface area (Å²) in [6, 6.07) is 7.26. The van der Waals surface area contributed by atoms with Crippen molar-refractivity contribution in [1.82, 2.24) is 14.5 Å². The Balaban J connectivity index is 1.64. The van der Waals surface area contributed by atoms with Crippen LogP contribution in [0.4, 0.5) is 10.6 Å². The fraction of sp³-hybridized carbons (Fsp3) is 0.478.